The van der Waals surface area contributed by atoms with Gasteiger partial charge in [0.05, 0.1) is 0 Å². The Kier molecular flexibility index (Phi) is 4.51. The number of anilines is 1. The summed E-state index contributed by atoms with van der Waals surface area (Å²) in [7, 11) is 2.00. The van der Waals surface area contributed by atoms with Crippen LogP contribution in [0.3, 0.4) is 0 Å². The number of hydrogen-bond acceptors (Lipinski definition) is 1. The highest BCUT2D eigenvalue weighted by Crippen LogP contribution is 2.21. The molecule has 78 valence electrons. The van der Waals surface area contributed by atoms with E-state index < -0.39 is 0 Å². The molecule has 0 unspecified atom stereocenters. The first-order valence-electron chi connectivity index (χ1n) is 5.55. The van der Waals surface area contributed by atoms with Crippen LogP contribution < -0.4 is 5.32 Å². The van der Waals surface area contributed by atoms with Gasteiger partial charge in [-0.1, -0.05) is 31.9 Å². The monoisotopic (exact) mass is 191 g/mol. The quantitative estimate of drug-likeness (QED) is 0.699. The van der Waals surface area contributed by atoms with Crippen molar-refractivity contribution >= 4 is 5.69 Å². The fourth-order valence-corrected chi connectivity index (χ4v) is 1.82. The van der Waals surface area contributed by atoms with Gasteiger partial charge in [-0.15, -0.1) is 0 Å². The molecule has 0 aliphatic heterocycles. The van der Waals surface area contributed by atoms with Crippen molar-refractivity contribution in [2.75, 3.05) is 12.4 Å². The van der Waals surface area contributed by atoms with Crippen molar-refractivity contribution in [2.24, 2.45) is 0 Å². The summed E-state index contributed by atoms with van der Waals surface area (Å²) in [5, 5.41) is 3.26. The van der Waals surface area contributed by atoms with Crippen molar-refractivity contribution < 1.29 is 0 Å². The van der Waals surface area contributed by atoms with E-state index in [1.165, 1.54) is 42.5 Å². The van der Waals surface area contributed by atoms with Crippen LogP contribution in [0, 0.1) is 6.92 Å². The van der Waals surface area contributed by atoms with Gasteiger partial charge in [-0.25, -0.2) is 0 Å². The highest BCUT2D eigenvalue weighted by atomic mass is 14.8. The Balaban J connectivity index is 2.72. The summed E-state index contributed by atoms with van der Waals surface area (Å²) in [6.07, 6.45) is 5.13. The zero-order valence-electron chi connectivity index (χ0n) is 9.56. The Labute approximate surface area is 87.5 Å². The first-order chi connectivity index (χ1) is 6.79. The third kappa shape index (κ3) is 2.76. The minimum absolute atomic E-state index is 1.21. The molecule has 0 aliphatic rings. The van der Waals surface area contributed by atoms with Gasteiger partial charge in [-0.3, -0.25) is 0 Å². The van der Waals surface area contributed by atoms with Gasteiger partial charge in [0.15, 0.2) is 0 Å². The molecule has 0 bridgehead atoms. The summed E-state index contributed by atoms with van der Waals surface area (Å²) < 4.78 is 0. The highest BCUT2D eigenvalue weighted by Gasteiger charge is 2.02. The molecule has 0 atom stereocenters. The smallest absolute Gasteiger partial charge is 0.0372 e. The summed E-state index contributed by atoms with van der Waals surface area (Å²) in [6.45, 7) is 4.44. The number of aryl methyl sites for hydroxylation is 1. The third-order valence-electron chi connectivity index (χ3n) is 2.71. The van der Waals surface area contributed by atoms with Crippen molar-refractivity contribution in [3.63, 3.8) is 0 Å². The number of benzene rings is 1. The maximum atomic E-state index is 3.26. The largest absolute Gasteiger partial charge is 0.388 e. The minimum atomic E-state index is 1.21. The summed E-state index contributed by atoms with van der Waals surface area (Å²) in [4.78, 5) is 0. The van der Waals surface area contributed by atoms with E-state index in [1.54, 1.807) is 0 Å². The van der Waals surface area contributed by atoms with Crippen LogP contribution in [0.1, 0.15) is 37.3 Å². The Morgan fingerprint density at radius 2 is 2.00 bits per heavy atom. The third-order valence-corrected chi connectivity index (χ3v) is 2.71. The van der Waals surface area contributed by atoms with Crippen LogP contribution in [0.4, 0.5) is 5.69 Å². The molecule has 0 aliphatic carbocycles. The van der Waals surface area contributed by atoms with Gasteiger partial charge in [0.2, 0.25) is 0 Å². The Morgan fingerprint density at radius 1 is 1.21 bits per heavy atom. The lowest BCUT2D eigenvalue weighted by atomic mass is 10.0. The lowest BCUT2D eigenvalue weighted by molar-refractivity contribution is 0.716. The Hall–Kier alpha value is -0.980. The lowest BCUT2D eigenvalue weighted by Crippen LogP contribution is -1.98. The molecule has 0 fully saturated rings. The number of nitrogens with one attached hydrogen (secondary N) is 1. The summed E-state index contributed by atoms with van der Waals surface area (Å²) in [5.74, 6) is 0. The first-order valence-corrected chi connectivity index (χ1v) is 5.55. The van der Waals surface area contributed by atoms with Crippen molar-refractivity contribution in [2.45, 2.75) is 39.5 Å². The predicted octanol–water partition coefficient (Wildman–Crippen LogP) is 3.77. The van der Waals surface area contributed by atoms with Crippen LogP contribution in [-0.2, 0) is 6.42 Å². The van der Waals surface area contributed by atoms with Gasteiger partial charge < -0.3 is 5.32 Å². The van der Waals surface area contributed by atoms with Crippen LogP contribution >= 0.6 is 0 Å². The van der Waals surface area contributed by atoms with E-state index >= 15 is 0 Å². The number of rotatable bonds is 5. The van der Waals surface area contributed by atoms with E-state index in [2.05, 4.69) is 37.4 Å². The molecule has 0 amide bonds. The molecule has 0 radical (unpaired) electrons. The highest BCUT2D eigenvalue weighted by molar-refractivity contribution is 5.54. The van der Waals surface area contributed by atoms with Crippen LogP contribution in [0.5, 0.6) is 0 Å². The lowest BCUT2D eigenvalue weighted by Gasteiger charge is -2.11. The average molecular weight is 191 g/mol. The Bertz CT molecular complexity index is 279. The van der Waals surface area contributed by atoms with E-state index in [0.717, 1.165) is 0 Å². The molecule has 0 aromatic heterocycles. The molecule has 1 heteroatoms. The molecule has 1 aromatic rings. The van der Waals surface area contributed by atoms with Crippen LogP contribution in [0.2, 0.25) is 0 Å². The van der Waals surface area contributed by atoms with E-state index in [0.29, 0.717) is 0 Å². The van der Waals surface area contributed by atoms with E-state index in [9.17, 15) is 0 Å². The second kappa shape index (κ2) is 5.69. The average Bonchev–Trinajstić information content (AvgIpc) is 2.20. The van der Waals surface area contributed by atoms with Gasteiger partial charge in [0, 0.05) is 12.7 Å². The SMILES string of the molecule is CCCCCc1c(C)cccc1NC. The molecule has 1 nitrogen and oxygen atoms in total. The van der Waals surface area contributed by atoms with Crippen molar-refractivity contribution in [1.29, 1.82) is 0 Å². The molecule has 0 heterocycles. The number of hydrogen-bond donors (Lipinski definition) is 1. The first kappa shape index (κ1) is 11.1. The van der Waals surface area contributed by atoms with Crippen molar-refractivity contribution in [3.05, 3.63) is 29.3 Å². The zero-order chi connectivity index (χ0) is 10.4. The van der Waals surface area contributed by atoms with E-state index in [4.69, 9.17) is 0 Å². The molecule has 14 heavy (non-hydrogen) atoms. The summed E-state index contributed by atoms with van der Waals surface area (Å²) >= 11 is 0. The van der Waals surface area contributed by atoms with Crippen LogP contribution in [-0.4, -0.2) is 7.05 Å². The van der Waals surface area contributed by atoms with Crippen LogP contribution in [0.25, 0.3) is 0 Å². The molecule has 1 aromatic carbocycles. The van der Waals surface area contributed by atoms with Crippen molar-refractivity contribution in [3.8, 4) is 0 Å². The van der Waals surface area contributed by atoms with Gasteiger partial charge in [-0.05, 0) is 37.0 Å². The van der Waals surface area contributed by atoms with Gasteiger partial charge >= 0.3 is 0 Å². The van der Waals surface area contributed by atoms with Gasteiger partial charge in [0.1, 0.15) is 0 Å². The van der Waals surface area contributed by atoms with Crippen LogP contribution in [0.15, 0.2) is 18.2 Å². The van der Waals surface area contributed by atoms with Crippen molar-refractivity contribution in [1.82, 2.24) is 0 Å². The molecule has 1 rings (SSSR count). The molecular formula is C13H21N. The Morgan fingerprint density at radius 3 is 2.64 bits per heavy atom. The molecule has 0 spiro atoms. The summed E-state index contributed by atoms with van der Waals surface area (Å²) in [6, 6.07) is 6.47. The van der Waals surface area contributed by atoms with Gasteiger partial charge in [-0.2, -0.15) is 0 Å². The molecular weight excluding hydrogens is 170 g/mol. The summed E-state index contributed by atoms with van der Waals surface area (Å²) in [5.41, 5.74) is 4.19. The number of unbranched alkanes of at least 4 members (excludes halogenated alkanes) is 2. The fraction of sp³-hybridized carbons (Fsp3) is 0.538. The topological polar surface area (TPSA) is 12.0 Å². The standard InChI is InChI=1S/C13H21N/c1-4-5-6-9-12-11(2)8-7-10-13(12)14-3/h7-8,10,14H,4-6,9H2,1-3H3. The molecule has 0 saturated carbocycles. The zero-order valence-corrected chi connectivity index (χ0v) is 9.56. The van der Waals surface area contributed by atoms with E-state index in [-0.39, 0.29) is 0 Å². The second-order valence-electron chi connectivity index (χ2n) is 3.81. The molecule has 0 saturated heterocycles. The fourth-order valence-electron chi connectivity index (χ4n) is 1.82. The predicted molar refractivity (Wildman–Crippen MR) is 64.0 cm³/mol. The molecule has 1 N–H and O–H groups in total. The van der Waals surface area contributed by atoms with E-state index in [1.807, 2.05) is 7.05 Å². The van der Waals surface area contributed by atoms with Gasteiger partial charge in [0.25, 0.3) is 0 Å². The maximum absolute atomic E-state index is 3.26. The normalized spacial score (nSPS) is 10.2. The maximum Gasteiger partial charge on any atom is 0.0372 e. The minimum Gasteiger partial charge on any atom is -0.388 e. The second-order valence-corrected chi connectivity index (χ2v) is 3.81.